The predicted octanol–water partition coefficient (Wildman–Crippen LogP) is 3.57. The summed E-state index contributed by atoms with van der Waals surface area (Å²) >= 11 is 0. The number of amides is 2. The topological polar surface area (TPSA) is 61.9 Å². The van der Waals surface area contributed by atoms with Gasteiger partial charge in [-0.1, -0.05) is 37.5 Å². The molecule has 1 spiro atoms. The quantitative estimate of drug-likeness (QED) is 0.715. The number of methoxy groups -OCH3 is 1. The Hall–Kier alpha value is -1.92. The van der Waals surface area contributed by atoms with E-state index in [0.717, 1.165) is 37.8 Å². The highest BCUT2D eigenvalue weighted by Crippen LogP contribution is 2.50. The van der Waals surface area contributed by atoms with Crippen molar-refractivity contribution < 1.29 is 14.3 Å². The molecule has 2 saturated heterocycles. The molecule has 3 aliphatic heterocycles. The number of carbonyl (C=O) groups excluding carboxylic acids is 2. The van der Waals surface area contributed by atoms with Crippen LogP contribution in [0.25, 0.3) is 0 Å². The molecule has 6 heteroatoms. The fourth-order valence-corrected chi connectivity index (χ4v) is 7.32. The van der Waals surface area contributed by atoms with Gasteiger partial charge in [0, 0.05) is 31.8 Å². The maximum Gasteiger partial charge on any atom is 0.254 e. The Bertz CT molecular complexity index is 864. The molecule has 1 aliphatic carbocycles. The molecule has 2 amide bonds. The van der Waals surface area contributed by atoms with Crippen molar-refractivity contribution >= 4 is 11.8 Å². The Kier molecular flexibility index (Phi) is 6.75. The van der Waals surface area contributed by atoms with E-state index in [1.54, 1.807) is 7.11 Å². The third-order valence-electron chi connectivity index (χ3n) is 8.84. The van der Waals surface area contributed by atoms with E-state index in [1.165, 1.54) is 45.2 Å². The molecule has 0 unspecified atom stereocenters. The van der Waals surface area contributed by atoms with Gasteiger partial charge in [-0.3, -0.25) is 9.59 Å². The zero-order valence-corrected chi connectivity index (χ0v) is 20.1. The van der Waals surface area contributed by atoms with Gasteiger partial charge in [-0.05, 0) is 69.2 Å². The highest BCUT2D eigenvalue weighted by Gasteiger charge is 2.55. The summed E-state index contributed by atoms with van der Waals surface area (Å²) in [5.74, 6) is 0.385. The van der Waals surface area contributed by atoms with Gasteiger partial charge in [0.25, 0.3) is 5.91 Å². The van der Waals surface area contributed by atoms with Crippen LogP contribution in [0.1, 0.15) is 79.6 Å². The van der Waals surface area contributed by atoms with Crippen LogP contribution in [-0.4, -0.2) is 73.1 Å². The number of hydrogen-bond acceptors (Lipinski definition) is 4. The van der Waals surface area contributed by atoms with Gasteiger partial charge in [-0.25, -0.2) is 0 Å². The van der Waals surface area contributed by atoms with E-state index in [-0.39, 0.29) is 17.7 Å². The summed E-state index contributed by atoms with van der Waals surface area (Å²) in [5, 5.41) is 3.40. The second-order valence-corrected chi connectivity index (χ2v) is 10.5. The highest BCUT2D eigenvalue weighted by atomic mass is 16.5. The number of benzene rings is 1. The first-order valence-corrected chi connectivity index (χ1v) is 13.1. The number of nitrogens with one attached hydrogen (secondary N) is 1. The van der Waals surface area contributed by atoms with E-state index in [2.05, 4.69) is 10.2 Å². The Morgan fingerprint density at radius 3 is 2.70 bits per heavy atom. The molecule has 33 heavy (non-hydrogen) atoms. The summed E-state index contributed by atoms with van der Waals surface area (Å²) in [6.45, 7) is 4.20. The standard InChI is InChI=1S/C27H39N3O3/c1-33-18-17-30-26(32)22-11-3-2-10-21(22)24(27(30)13-5-6-14-27)25(31)28-19-20-9-8-16-29-15-7-4-12-23(20)29/h2-3,10-11,20,23-24H,4-9,12-19H2,1H3,(H,28,31)/t20-,23+,24+/m0/s1. The van der Waals surface area contributed by atoms with Crippen molar-refractivity contribution in [2.45, 2.75) is 75.3 Å². The molecule has 0 bridgehead atoms. The Morgan fingerprint density at radius 1 is 1.09 bits per heavy atom. The molecule has 3 heterocycles. The number of rotatable bonds is 6. The molecule has 3 atom stereocenters. The lowest BCUT2D eigenvalue weighted by Gasteiger charge is -2.50. The lowest BCUT2D eigenvalue weighted by molar-refractivity contribution is -0.127. The molecule has 3 fully saturated rings. The average molecular weight is 454 g/mol. The van der Waals surface area contributed by atoms with E-state index in [9.17, 15) is 9.59 Å². The molecule has 180 valence electrons. The van der Waals surface area contributed by atoms with Gasteiger partial charge in [0.1, 0.15) is 0 Å². The van der Waals surface area contributed by atoms with E-state index >= 15 is 0 Å². The summed E-state index contributed by atoms with van der Waals surface area (Å²) in [7, 11) is 1.67. The Balaban J connectivity index is 1.41. The van der Waals surface area contributed by atoms with Crippen molar-refractivity contribution in [3.8, 4) is 0 Å². The van der Waals surface area contributed by atoms with E-state index < -0.39 is 5.54 Å². The molecule has 6 nitrogen and oxygen atoms in total. The first kappa shape index (κ1) is 22.9. The van der Waals surface area contributed by atoms with Gasteiger partial charge in [0.05, 0.1) is 18.1 Å². The van der Waals surface area contributed by atoms with Crippen LogP contribution in [0.5, 0.6) is 0 Å². The zero-order chi connectivity index (χ0) is 22.8. The first-order chi connectivity index (χ1) is 16.2. The number of carbonyl (C=O) groups is 2. The van der Waals surface area contributed by atoms with E-state index in [1.807, 2.05) is 29.2 Å². The molecule has 4 aliphatic rings. The average Bonchev–Trinajstić information content (AvgIpc) is 3.32. The minimum atomic E-state index is -0.433. The number of hydrogen-bond donors (Lipinski definition) is 1. The summed E-state index contributed by atoms with van der Waals surface area (Å²) < 4.78 is 5.36. The Labute approximate surface area is 198 Å². The van der Waals surface area contributed by atoms with E-state index in [0.29, 0.717) is 30.7 Å². The van der Waals surface area contributed by atoms with Gasteiger partial charge in [0.2, 0.25) is 5.91 Å². The van der Waals surface area contributed by atoms with Crippen molar-refractivity contribution in [1.29, 1.82) is 0 Å². The van der Waals surface area contributed by atoms with Crippen LogP contribution in [0, 0.1) is 5.92 Å². The molecule has 1 aromatic rings. The first-order valence-electron chi connectivity index (χ1n) is 13.1. The molecular weight excluding hydrogens is 414 g/mol. The van der Waals surface area contributed by atoms with Crippen LogP contribution in [0.4, 0.5) is 0 Å². The van der Waals surface area contributed by atoms with Gasteiger partial charge in [-0.15, -0.1) is 0 Å². The Morgan fingerprint density at radius 2 is 1.88 bits per heavy atom. The molecule has 1 saturated carbocycles. The normalized spacial score (nSPS) is 29.1. The fourth-order valence-electron chi connectivity index (χ4n) is 7.32. The van der Waals surface area contributed by atoms with Crippen molar-refractivity contribution in [3.05, 3.63) is 35.4 Å². The monoisotopic (exact) mass is 453 g/mol. The van der Waals surface area contributed by atoms with Gasteiger partial charge in [0.15, 0.2) is 0 Å². The maximum absolute atomic E-state index is 14.0. The van der Waals surface area contributed by atoms with Crippen LogP contribution < -0.4 is 5.32 Å². The zero-order valence-electron chi connectivity index (χ0n) is 20.1. The fraction of sp³-hybridized carbons (Fsp3) is 0.704. The van der Waals surface area contributed by atoms with Crippen LogP contribution in [0.2, 0.25) is 0 Å². The summed E-state index contributed by atoms with van der Waals surface area (Å²) in [5.41, 5.74) is 1.17. The predicted molar refractivity (Wildman–Crippen MR) is 128 cm³/mol. The lowest BCUT2D eigenvalue weighted by Crippen LogP contribution is -2.61. The molecule has 0 radical (unpaired) electrons. The van der Waals surface area contributed by atoms with Gasteiger partial charge < -0.3 is 19.9 Å². The lowest BCUT2D eigenvalue weighted by atomic mass is 9.71. The van der Waals surface area contributed by atoms with Gasteiger partial charge >= 0.3 is 0 Å². The minimum absolute atomic E-state index is 0.0544. The molecule has 1 aromatic carbocycles. The van der Waals surface area contributed by atoms with Crippen molar-refractivity contribution in [1.82, 2.24) is 15.1 Å². The van der Waals surface area contributed by atoms with Crippen LogP contribution in [0.15, 0.2) is 24.3 Å². The largest absolute Gasteiger partial charge is 0.383 e. The molecule has 0 aromatic heterocycles. The van der Waals surface area contributed by atoms with Crippen LogP contribution in [-0.2, 0) is 9.53 Å². The smallest absolute Gasteiger partial charge is 0.254 e. The second-order valence-electron chi connectivity index (χ2n) is 10.5. The number of ether oxygens (including phenoxy) is 1. The SMILES string of the molecule is COCCN1C(=O)c2ccccc2[C@H](C(=O)NC[C@@H]2CCCN3CCCC[C@H]23)C12CCCC2. The highest BCUT2D eigenvalue weighted by molar-refractivity contribution is 6.02. The molecular formula is C27H39N3O3. The third-order valence-corrected chi connectivity index (χ3v) is 8.84. The molecule has 1 N–H and O–H groups in total. The van der Waals surface area contributed by atoms with Crippen LogP contribution in [0.3, 0.4) is 0 Å². The summed E-state index contributed by atoms with van der Waals surface area (Å²) in [4.78, 5) is 32.1. The van der Waals surface area contributed by atoms with Crippen molar-refractivity contribution in [2.24, 2.45) is 5.92 Å². The second kappa shape index (κ2) is 9.75. The van der Waals surface area contributed by atoms with Crippen LogP contribution >= 0.6 is 0 Å². The summed E-state index contributed by atoms with van der Waals surface area (Å²) in [6, 6.07) is 8.40. The van der Waals surface area contributed by atoms with E-state index in [4.69, 9.17) is 4.74 Å². The molecule has 5 rings (SSSR count). The summed E-state index contributed by atoms with van der Waals surface area (Å²) in [6.07, 6.45) is 10.2. The number of piperidine rings is 2. The maximum atomic E-state index is 14.0. The number of nitrogens with zero attached hydrogens (tertiary/aromatic N) is 2. The minimum Gasteiger partial charge on any atom is -0.383 e. The third kappa shape index (κ3) is 4.10. The van der Waals surface area contributed by atoms with Crippen molar-refractivity contribution in [2.75, 3.05) is 39.9 Å². The van der Waals surface area contributed by atoms with Gasteiger partial charge in [-0.2, -0.15) is 0 Å². The number of fused-ring (bicyclic) bond motifs is 2. The van der Waals surface area contributed by atoms with Crippen molar-refractivity contribution in [3.63, 3.8) is 0 Å².